The lowest BCUT2D eigenvalue weighted by atomic mass is 10.0. The minimum atomic E-state index is -4.07. The van der Waals surface area contributed by atoms with Crippen molar-refractivity contribution in [3.63, 3.8) is 0 Å². The van der Waals surface area contributed by atoms with Gasteiger partial charge in [-0.2, -0.15) is 12.7 Å². The number of rotatable bonds is 13. The molecule has 1 atom stereocenters. The fourth-order valence-electron chi connectivity index (χ4n) is 4.48. The van der Waals surface area contributed by atoms with Gasteiger partial charge < -0.3 is 10.2 Å². The van der Waals surface area contributed by atoms with Crippen LogP contribution in [0, 0.1) is 19.8 Å². The first kappa shape index (κ1) is 33.1. The summed E-state index contributed by atoms with van der Waals surface area (Å²) in [5.41, 5.74) is 3.47. The number of nitrogens with one attached hydrogen (secondary N) is 1. The number of carbonyl (C=O) groups excluding carboxylic acids is 2. The highest BCUT2D eigenvalue weighted by molar-refractivity contribution is 7.90. The molecule has 0 aliphatic rings. The molecule has 3 aromatic rings. The van der Waals surface area contributed by atoms with Crippen LogP contribution < -0.4 is 9.62 Å². The van der Waals surface area contributed by atoms with Crippen LogP contribution in [0.5, 0.6) is 0 Å². The van der Waals surface area contributed by atoms with Crippen molar-refractivity contribution in [2.75, 3.05) is 31.5 Å². The summed E-state index contributed by atoms with van der Waals surface area (Å²) >= 11 is 6.52. The second-order valence-electron chi connectivity index (χ2n) is 11.0. The molecule has 0 aromatic heterocycles. The summed E-state index contributed by atoms with van der Waals surface area (Å²) in [7, 11) is -1.22. The molecule has 8 nitrogen and oxygen atoms in total. The first-order chi connectivity index (χ1) is 19.8. The fraction of sp³-hybridized carbons (Fsp3) is 0.375. The van der Waals surface area contributed by atoms with E-state index in [1.54, 1.807) is 31.2 Å². The molecular weight excluding hydrogens is 572 g/mol. The minimum absolute atomic E-state index is 0.0216. The first-order valence-corrected chi connectivity index (χ1v) is 15.7. The highest BCUT2D eigenvalue weighted by Gasteiger charge is 2.35. The second-order valence-corrected chi connectivity index (χ2v) is 13.5. The predicted molar refractivity (Wildman–Crippen MR) is 170 cm³/mol. The highest BCUT2D eigenvalue weighted by Crippen LogP contribution is 2.27. The summed E-state index contributed by atoms with van der Waals surface area (Å²) in [4.78, 5) is 29.6. The first-order valence-electron chi connectivity index (χ1n) is 13.9. The van der Waals surface area contributed by atoms with Gasteiger partial charge in [-0.05, 0) is 54.2 Å². The van der Waals surface area contributed by atoms with Crippen LogP contribution in [0.15, 0.2) is 72.8 Å². The third-order valence-electron chi connectivity index (χ3n) is 6.91. The lowest BCUT2D eigenvalue weighted by Gasteiger charge is -2.35. The summed E-state index contributed by atoms with van der Waals surface area (Å²) in [5, 5.41) is 3.43. The smallest absolute Gasteiger partial charge is 0.304 e. The maximum absolute atomic E-state index is 14.4. The summed E-state index contributed by atoms with van der Waals surface area (Å²) < 4.78 is 29.4. The molecule has 3 rings (SSSR count). The molecule has 0 saturated heterocycles. The van der Waals surface area contributed by atoms with Crippen LogP contribution in [0.25, 0.3) is 0 Å². The van der Waals surface area contributed by atoms with Crippen LogP contribution in [0.1, 0.15) is 36.1 Å². The lowest BCUT2D eigenvalue weighted by Crippen LogP contribution is -2.54. The maximum Gasteiger partial charge on any atom is 0.304 e. The molecular formula is C32H41ClN4O4S. The summed E-state index contributed by atoms with van der Waals surface area (Å²) in [6, 6.07) is 21.1. The Hall–Kier alpha value is -3.40. The van der Waals surface area contributed by atoms with E-state index in [0.717, 1.165) is 19.7 Å². The van der Waals surface area contributed by atoms with E-state index in [1.807, 2.05) is 69.3 Å². The van der Waals surface area contributed by atoms with Gasteiger partial charge in [-0.1, -0.05) is 86.1 Å². The van der Waals surface area contributed by atoms with Crippen molar-refractivity contribution in [3.05, 3.63) is 100 Å². The second kappa shape index (κ2) is 14.7. The standard InChI is InChI=1S/C32H41ClN4O4S/c1-23(2)20-34-32(39)30(19-26-12-8-7-9-13-26)36(21-27-14-10-11-15-28(27)33)31(38)22-37(42(40,41)35(5)6)29-18-24(3)16-17-25(29)4/h7-18,23,30H,19-22H2,1-6H3,(H,34,39)/t30-/m1/s1. The molecule has 3 aromatic carbocycles. The average molecular weight is 613 g/mol. The van der Waals surface area contributed by atoms with Crippen LogP contribution in [0.4, 0.5) is 5.69 Å². The van der Waals surface area contributed by atoms with Crippen LogP contribution in [-0.2, 0) is 32.8 Å². The SMILES string of the molecule is Cc1ccc(C)c(N(CC(=O)N(Cc2ccccc2Cl)[C@H](Cc2ccccc2)C(=O)NCC(C)C)S(=O)(=O)N(C)C)c1. The molecule has 10 heteroatoms. The summed E-state index contributed by atoms with van der Waals surface area (Å²) in [5.74, 6) is -0.646. The zero-order valence-corrected chi connectivity index (χ0v) is 26.7. The quantitative estimate of drug-likeness (QED) is 0.295. The molecule has 1 N–H and O–H groups in total. The van der Waals surface area contributed by atoms with Gasteiger partial charge >= 0.3 is 10.2 Å². The number of nitrogens with zero attached hydrogens (tertiary/aromatic N) is 3. The van der Waals surface area contributed by atoms with E-state index in [2.05, 4.69) is 5.32 Å². The number of anilines is 1. The third-order valence-corrected chi connectivity index (χ3v) is 9.08. The molecule has 0 saturated carbocycles. The molecule has 0 unspecified atom stereocenters. The van der Waals surface area contributed by atoms with Gasteiger partial charge in [-0.25, -0.2) is 4.31 Å². The molecule has 0 spiro atoms. The van der Waals surface area contributed by atoms with Gasteiger partial charge in [0.25, 0.3) is 0 Å². The molecule has 0 aliphatic heterocycles. The zero-order chi connectivity index (χ0) is 31.0. The number of benzene rings is 3. The Bertz CT molecular complexity index is 1480. The Morgan fingerprint density at radius 2 is 1.57 bits per heavy atom. The number of aryl methyl sites for hydroxylation is 2. The maximum atomic E-state index is 14.4. The normalized spacial score (nSPS) is 12.3. The number of halogens is 1. The van der Waals surface area contributed by atoms with E-state index in [-0.39, 0.29) is 24.8 Å². The van der Waals surface area contributed by atoms with E-state index in [9.17, 15) is 18.0 Å². The van der Waals surface area contributed by atoms with Crippen LogP contribution in [0.3, 0.4) is 0 Å². The lowest BCUT2D eigenvalue weighted by molar-refractivity contribution is -0.140. The van der Waals surface area contributed by atoms with Crippen molar-refractivity contribution in [2.24, 2.45) is 5.92 Å². The van der Waals surface area contributed by atoms with E-state index >= 15 is 0 Å². The Morgan fingerprint density at radius 3 is 2.19 bits per heavy atom. The minimum Gasteiger partial charge on any atom is -0.354 e. The largest absolute Gasteiger partial charge is 0.354 e. The zero-order valence-electron chi connectivity index (χ0n) is 25.2. The molecule has 0 heterocycles. The van der Waals surface area contributed by atoms with Crippen molar-refractivity contribution >= 4 is 39.3 Å². The van der Waals surface area contributed by atoms with Gasteiger partial charge in [0.1, 0.15) is 12.6 Å². The van der Waals surface area contributed by atoms with E-state index in [0.29, 0.717) is 28.4 Å². The van der Waals surface area contributed by atoms with Gasteiger partial charge in [0.05, 0.1) is 5.69 Å². The number of hydrogen-bond donors (Lipinski definition) is 1. The summed E-state index contributed by atoms with van der Waals surface area (Å²) in [6.45, 7) is 7.61. The Morgan fingerprint density at radius 1 is 0.929 bits per heavy atom. The molecule has 226 valence electrons. The number of carbonyl (C=O) groups is 2. The summed E-state index contributed by atoms with van der Waals surface area (Å²) in [6.07, 6.45) is 0.241. The van der Waals surface area contributed by atoms with Crippen LogP contribution in [-0.4, -0.2) is 62.7 Å². The molecule has 0 bridgehead atoms. The molecule has 0 fully saturated rings. The molecule has 0 radical (unpaired) electrons. The van der Waals surface area contributed by atoms with Gasteiger partial charge in [0.2, 0.25) is 11.8 Å². The van der Waals surface area contributed by atoms with Crippen molar-refractivity contribution in [1.82, 2.24) is 14.5 Å². The van der Waals surface area contributed by atoms with Gasteiger partial charge in [0.15, 0.2) is 0 Å². The Balaban J connectivity index is 2.13. The van der Waals surface area contributed by atoms with E-state index in [4.69, 9.17) is 11.6 Å². The van der Waals surface area contributed by atoms with E-state index < -0.39 is 28.7 Å². The number of hydrogen-bond acceptors (Lipinski definition) is 4. The van der Waals surface area contributed by atoms with E-state index in [1.165, 1.54) is 19.0 Å². The van der Waals surface area contributed by atoms with Gasteiger partial charge in [0, 0.05) is 38.6 Å². The highest BCUT2D eigenvalue weighted by atomic mass is 35.5. The molecule has 2 amide bonds. The fourth-order valence-corrected chi connectivity index (χ4v) is 5.79. The Kier molecular flexibility index (Phi) is 11.6. The molecule has 42 heavy (non-hydrogen) atoms. The topological polar surface area (TPSA) is 90.0 Å². The van der Waals surface area contributed by atoms with Crippen LogP contribution >= 0.6 is 11.6 Å². The van der Waals surface area contributed by atoms with Gasteiger partial charge in [-0.15, -0.1) is 0 Å². The predicted octanol–water partition coefficient (Wildman–Crippen LogP) is 4.98. The van der Waals surface area contributed by atoms with Crippen molar-refractivity contribution in [1.29, 1.82) is 0 Å². The third kappa shape index (κ3) is 8.56. The van der Waals surface area contributed by atoms with Crippen molar-refractivity contribution in [2.45, 2.75) is 46.7 Å². The molecule has 0 aliphatic carbocycles. The van der Waals surface area contributed by atoms with Gasteiger partial charge in [-0.3, -0.25) is 9.59 Å². The number of amides is 2. The Labute approximate surface area is 255 Å². The van der Waals surface area contributed by atoms with Crippen molar-refractivity contribution in [3.8, 4) is 0 Å². The monoisotopic (exact) mass is 612 g/mol. The average Bonchev–Trinajstić information content (AvgIpc) is 2.94. The van der Waals surface area contributed by atoms with Crippen molar-refractivity contribution < 1.29 is 18.0 Å². The van der Waals surface area contributed by atoms with Crippen LogP contribution in [0.2, 0.25) is 5.02 Å².